The minimum absolute atomic E-state index is 0. The Balaban J connectivity index is 0.00000225. The molecular formula is C21H30ClN5O. The van der Waals surface area contributed by atoms with Crippen molar-refractivity contribution in [2.45, 2.75) is 58.0 Å². The van der Waals surface area contributed by atoms with Gasteiger partial charge in [0.25, 0.3) is 0 Å². The maximum Gasteiger partial charge on any atom is 0.223 e. The molecular weight excluding hydrogens is 374 g/mol. The predicted molar refractivity (Wildman–Crippen MR) is 112 cm³/mol. The number of carbonyl (C=O) groups is 1. The lowest BCUT2D eigenvalue weighted by Crippen LogP contribution is -2.39. The summed E-state index contributed by atoms with van der Waals surface area (Å²) in [5.41, 5.74) is 2.55. The summed E-state index contributed by atoms with van der Waals surface area (Å²) >= 11 is 0. The maximum absolute atomic E-state index is 12.8. The summed E-state index contributed by atoms with van der Waals surface area (Å²) in [5, 5.41) is 12.1. The molecule has 0 bridgehead atoms. The average Bonchev–Trinajstić information content (AvgIpc) is 3.12. The quantitative estimate of drug-likeness (QED) is 0.852. The van der Waals surface area contributed by atoms with Gasteiger partial charge in [0.1, 0.15) is 11.6 Å². The summed E-state index contributed by atoms with van der Waals surface area (Å²) < 4.78 is 2.28. The molecule has 1 saturated heterocycles. The lowest BCUT2D eigenvalue weighted by molar-refractivity contribution is -0.132. The largest absolute Gasteiger partial charge is 0.343 e. The zero-order valence-corrected chi connectivity index (χ0v) is 17.5. The number of benzene rings is 1. The van der Waals surface area contributed by atoms with Crippen LogP contribution < -0.4 is 5.32 Å². The molecule has 1 fully saturated rings. The van der Waals surface area contributed by atoms with Gasteiger partial charge in [0.15, 0.2) is 0 Å². The molecule has 0 radical (unpaired) electrons. The highest BCUT2D eigenvalue weighted by Crippen LogP contribution is 2.29. The second-order valence-electron chi connectivity index (χ2n) is 7.92. The molecule has 1 atom stereocenters. The SMILES string of the molecule is Cc1ccccc1C(C)CC(=O)N1CCC(c2nnc3n2CCNC3)CC1.Cl. The molecule has 4 rings (SSSR count). The van der Waals surface area contributed by atoms with E-state index < -0.39 is 0 Å². The van der Waals surface area contributed by atoms with Crippen LogP contribution in [0.25, 0.3) is 0 Å². The van der Waals surface area contributed by atoms with Gasteiger partial charge in [-0.25, -0.2) is 0 Å². The van der Waals surface area contributed by atoms with E-state index in [1.165, 1.54) is 11.1 Å². The Bertz CT molecular complexity index is 813. The molecule has 0 aliphatic carbocycles. The summed E-state index contributed by atoms with van der Waals surface area (Å²) in [6.45, 7) is 8.66. The van der Waals surface area contributed by atoms with Gasteiger partial charge in [-0.1, -0.05) is 31.2 Å². The number of halogens is 1. The average molecular weight is 404 g/mol. The molecule has 2 aliphatic rings. The van der Waals surface area contributed by atoms with Crippen molar-refractivity contribution in [2.24, 2.45) is 0 Å². The molecule has 1 N–H and O–H groups in total. The lowest BCUT2D eigenvalue weighted by atomic mass is 9.92. The number of hydrogen-bond donors (Lipinski definition) is 1. The van der Waals surface area contributed by atoms with Gasteiger partial charge in [0, 0.05) is 38.5 Å². The number of rotatable bonds is 4. The molecule has 0 saturated carbocycles. The first-order chi connectivity index (χ1) is 13.1. The number of aryl methyl sites for hydroxylation is 1. The number of nitrogens with zero attached hydrogens (tertiary/aromatic N) is 4. The first kappa shape index (κ1) is 20.8. The van der Waals surface area contributed by atoms with Crippen LogP contribution in [0.3, 0.4) is 0 Å². The smallest absolute Gasteiger partial charge is 0.223 e. The normalized spacial score (nSPS) is 18.3. The van der Waals surface area contributed by atoms with Gasteiger partial charge in [0.2, 0.25) is 5.91 Å². The zero-order valence-electron chi connectivity index (χ0n) is 16.7. The van der Waals surface area contributed by atoms with Crippen LogP contribution in [0, 0.1) is 6.92 Å². The molecule has 2 aliphatic heterocycles. The van der Waals surface area contributed by atoms with Crippen LogP contribution in [0.1, 0.15) is 60.8 Å². The third kappa shape index (κ3) is 4.23. The van der Waals surface area contributed by atoms with E-state index in [-0.39, 0.29) is 24.2 Å². The minimum Gasteiger partial charge on any atom is -0.343 e. The molecule has 28 heavy (non-hydrogen) atoms. The van der Waals surface area contributed by atoms with Crippen LogP contribution in [-0.2, 0) is 17.9 Å². The van der Waals surface area contributed by atoms with E-state index in [1.54, 1.807) is 0 Å². The van der Waals surface area contributed by atoms with Gasteiger partial charge in [-0.3, -0.25) is 4.79 Å². The molecule has 0 spiro atoms. The maximum atomic E-state index is 12.8. The van der Waals surface area contributed by atoms with Crippen LogP contribution >= 0.6 is 12.4 Å². The second kappa shape index (κ2) is 9.05. The predicted octanol–water partition coefficient (Wildman–Crippen LogP) is 3.01. The van der Waals surface area contributed by atoms with Crippen LogP contribution in [0.15, 0.2) is 24.3 Å². The molecule has 7 heteroatoms. The first-order valence-corrected chi connectivity index (χ1v) is 10.1. The lowest BCUT2D eigenvalue weighted by Gasteiger charge is -2.33. The van der Waals surface area contributed by atoms with Crippen LogP contribution in [-0.4, -0.2) is 45.2 Å². The fourth-order valence-corrected chi connectivity index (χ4v) is 4.44. The number of hydrogen-bond acceptors (Lipinski definition) is 4. The second-order valence-corrected chi connectivity index (χ2v) is 7.92. The third-order valence-electron chi connectivity index (χ3n) is 6.06. The van der Waals surface area contributed by atoms with Gasteiger partial charge in [-0.2, -0.15) is 0 Å². The molecule has 1 unspecified atom stereocenters. The van der Waals surface area contributed by atoms with Crippen molar-refractivity contribution >= 4 is 18.3 Å². The van der Waals surface area contributed by atoms with Crippen LogP contribution in [0.4, 0.5) is 0 Å². The monoisotopic (exact) mass is 403 g/mol. The highest BCUT2D eigenvalue weighted by Gasteiger charge is 2.29. The Hall–Kier alpha value is -1.92. The molecule has 1 amide bonds. The van der Waals surface area contributed by atoms with E-state index in [0.29, 0.717) is 12.3 Å². The van der Waals surface area contributed by atoms with Gasteiger partial charge in [-0.15, -0.1) is 22.6 Å². The van der Waals surface area contributed by atoms with Crippen LogP contribution in [0.5, 0.6) is 0 Å². The number of piperidine rings is 1. The molecule has 6 nitrogen and oxygen atoms in total. The van der Waals surface area contributed by atoms with Crippen molar-refractivity contribution < 1.29 is 4.79 Å². The summed E-state index contributed by atoms with van der Waals surface area (Å²) in [5.74, 6) is 3.11. The third-order valence-corrected chi connectivity index (χ3v) is 6.06. The number of carbonyl (C=O) groups excluding carboxylic acids is 1. The van der Waals surface area contributed by atoms with E-state index in [1.807, 2.05) is 4.90 Å². The van der Waals surface area contributed by atoms with Crippen molar-refractivity contribution in [3.8, 4) is 0 Å². The Kier molecular flexibility index (Phi) is 6.73. The van der Waals surface area contributed by atoms with Crippen molar-refractivity contribution in [1.82, 2.24) is 25.0 Å². The van der Waals surface area contributed by atoms with E-state index in [9.17, 15) is 4.79 Å². The number of aromatic nitrogens is 3. The zero-order chi connectivity index (χ0) is 18.8. The summed E-state index contributed by atoms with van der Waals surface area (Å²) in [4.78, 5) is 14.8. The van der Waals surface area contributed by atoms with E-state index in [0.717, 1.165) is 57.2 Å². The number of amides is 1. The summed E-state index contributed by atoms with van der Waals surface area (Å²) in [6, 6.07) is 8.38. The summed E-state index contributed by atoms with van der Waals surface area (Å²) in [7, 11) is 0. The van der Waals surface area contributed by atoms with E-state index in [2.05, 4.69) is 58.2 Å². The Morgan fingerprint density at radius 3 is 2.71 bits per heavy atom. The Morgan fingerprint density at radius 1 is 1.21 bits per heavy atom. The van der Waals surface area contributed by atoms with Gasteiger partial charge >= 0.3 is 0 Å². The Labute approximate surface area is 173 Å². The number of nitrogens with one attached hydrogen (secondary N) is 1. The molecule has 3 heterocycles. The fourth-order valence-electron chi connectivity index (χ4n) is 4.44. The van der Waals surface area contributed by atoms with E-state index >= 15 is 0 Å². The molecule has 1 aromatic carbocycles. The first-order valence-electron chi connectivity index (χ1n) is 10.1. The van der Waals surface area contributed by atoms with E-state index in [4.69, 9.17) is 0 Å². The molecule has 1 aromatic heterocycles. The summed E-state index contributed by atoms with van der Waals surface area (Å²) in [6.07, 6.45) is 2.55. The van der Waals surface area contributed by atoms with Gasteiger partial charge in [0.05, 0.1) is 6.54 Å². The fraction of sp³-hybridized carbons (Fsp3) is 0.571. The van der Waals surface area contributed by atoms with Gasteiger partial charge in [-0.05, 0) is 36.8 Å². The van der Waals surface area contributed by atoms with Gasteiger partial charge < -0.3 is 14.8 Å². The van der Waals surface area contributed by atoms with Crippen LogP contribution in [0.2, 0.25) is 0 Å². The molecule has 2 aromatic rings. The van der Waals surface area contributed by atoms with Crippen molar-refractivity contribution in [3.05, 3.63) is 47.0 Å². The highest BCUT2D eigenvalue weighted by atomic mass is 35.5. The Morgan fingerprint density at radius 2 is 1.96 bits per heavy atom. The number of likely N-dealkylation sites (tertiary alicyclic amines) is 1. The van der Waals surface area contributed by atoms with Crippen molar-refractivity contribution in [2.75, 3.05) is 19.6 Å². The van der Waals surface area contributed by atoms with Crippen molar-refractivity contribution in [1.29, 1.82) is 0 Å². The molecule has 152 valence electrons. The van der Waals surface area contributed by atoms with Crippen molar-refractivity contribution in [3.63, 3.8) is 0 Å². The highest BCUT2D eigenvalue weighted by molar-refractivity contribution is 5.85. The topological polar surface area (TPSA) is 63.1 Å². The minimum atomic E-state index is 0. The number of fused-ring (bicyclic) bond motifs is 1. The standard InChI is InChI=1S/C21H29N5O.ClH/c1-15-5-3-4-6-18(15)16(2)13-20(27)25-10-7-17(8-11-25)21-24-23-19-14-22-9-12-26(19)21;/h3-6,16-17,22H,7-14H2,1-2H3;1H.